The van der Waals surface area contributed by atoms with Gasteiger partial charge in [-0.25, -0.2) is 14.4 Å². The number of unbranched alkanes of at least 4 members (excludes halogenated alkanes) is 7. The van der Waals surface area contributed by atoms with Crippen LogP contribution in [0.15, 0.2) is 67.7 Å². The lowest BCUT2D eigenvalue weighted by Gasteiger charge is -2.28. The molecular weight excluding hydrogens is 789 g/mol. The van der Waals surface area contributed by atoms with Crippen molar-refractivity contribution in [3.05, 3.63) is 90.2 Å². The molecule has 0 saturated carbocycles. The van der Waals surface area contributed by atoms with Gasteiger partial charge in [0.1, 0.15) is 17.2 Å². The molecule has 0 saturated heterocycles. The lowest BCUT2D eigenvalue weighted by molar-refractivity contribution is -0.157. The predicted octanol–water partition coefficient (Wildman–Crippen LogP) is 7.60. The van der Waals surface area contributed by atoms with E-state index in [2.05, 4.69) is 19.2 Å². The summed E-state index contributed by atoms with van der Waals surface area (Å²) in [4.78, 5) is 83.3. The number of nitrogens with zero attached hydrogens (tertiary/aromatic N) is 5. The number of aryl methyl sites for hydroxylation is 2. The number of aromatic nitrogens is 4. The SMILES string of the molecule is CCCCCCn1c(=O)n(CCCN(CCCCNC(CCn2c(=O)c3ccccc3n(CCCCCC)c2=O)C(=O)OC(C)(C)C)C(=O)OC(C)(C)C)c(=O)c2ccccc21. The monoisotopic (exact) mass is 861 g/mol. The van der Waals surface area contributed by atoms with Gasteiger partial charge >= 0.3 is 23.4 Å². The van der Waals surface area contributed by atoms with Gasteiger partial charge in [0.25, 0.3) is 11.1 Å². The second-order valence-corrected chi connectivity index (χ2v) is 18.3. The van der Waals surface area contributed by atoms with Crippen LogP contribution in [-0.2, 0) is 40.4 Å². The number of benzene rings is 2. The molecular formula is C48H72N6O8. The number of carbonyl (C=O) groups is 2. The molecule has 4 rings (SSSR count). The van der Waals surface area contributed by atoms with Gasteiger partial charge in [-0.05, 0) is 111 Å². The fourth-order valence-corrected chi connectivity index (χ4v) is 7.64. The maximum atomic E-state index is 13.8. The molecule has 0 radical (unpaired) electrons. The molecule has 0 fully saturated rings. The van der Waals surface area contributed by atoms with Crippen molar-refractivity contribution >= 4 is 33.9 Å². The maximum absolute atomic E-state index is 13.8. The summed E-state index contributed by atoms with van der Waals surface area (Å²) in [7, 11) is 0. The molecule has 1 atom stereocenters. The fraction of sp³-hybridized carbons (Fsp3) is 0.625. The first kappa shape index (κ1) is 49.7. The Bertz CT molecular complexity index is 2330. The highest BCUT2D eigenvalue weighted by atomic mass is 16.6. The van der Waals surface area contributed by atoms with Gasteiger partial charge in [-0.2, -0.15) is 0 Å². The van der Waals surface area contributed by atoms with Crippen LogP contribution in [0.2, 0.25) is 0 Å². The second-order valence-electron chi connectivity index (χ2n) is 18.3. The van der Waals surface area contributed by atoms with E-state index in [1.54, 1.807) is 85.9 Å². The molecule has 1 unspecified atom stereocenters. The van der Waals surface area contributed by atoms with Crippen molar-refractivity contribution < 1.29 is 19.1 Å². The molecule has 1 N–H and O–H groups in total. The Hall–Kier alpha value is -4.98. The zero-order chi connectivity index (χ0) is 45.5. The quantitative estimate of drug-likeness (QED) is 0.0554. The van der Waals surface area contributed by atoms with E-state index >= 15 is 0 Å². The highest BCUT2D eigenvalue weighted by Gasteiger charge is 2.27. The molecule has 0 spiro atoms. The Kier molecular flexibility index (Phi) is 18.8. The van der Waals surface area contributed by atoms with E-state index in [0.717, 1.165) is 51.4 Å². The van der Waals surface area contributed by atoms with Crippen LogP contribution in [0.5, 0.6) is 0 Å². The van der Waals surface area contributed by atoms with Crippen molar-refractivity contribution in [1.29, 1.82) is 0 Å². The number of rotatable bonds is 24. The number of nitrogens with one attached hydrogen (secondary N) is 1. The molecule has 0 aliphatic rings. The summed E-state index contributed by atoms with van der Waals surface area (Å²) in [6.45, 7) is 17.2. The van der Waals surface area contributed by atoms with E-state index in [0.29, 0.717) is 67.2 Å². The average molecular weight is 861 g/mol. The van der Waals surface area contributed by atoms with Gasteiger partial charge in [-0.1, -0.05) is 76.6 Å². The minimum absolute atomic E-state index is 0.0189. The van der Waals surface area contributed by atoms with Crippen LogP contribution in [-0.4, -0.2) is 72.1 Å². The molecule has 14 nitrogen and oxygen atoms in total. The Labute approximate surface area is 366 Å². The molecule has 2 aromatic carbocycles. The van der Waals surface area contributed by atoms with E-state index < -0.39 is 35.0 Å². The maximum Gasteiger partial charge on any atom is 0.410 e. The third-order valence-electron chi connectivity index (χ3n) is 10.8. The zero-order valence-corrected chi connectivity index (χ0v) is 38.6. The number of ether oxygens (including phenoxy) is 2. The van der Waals surface area contributed by atoms with Gasteiger partial charge in [0, 0.05) is 39.3 Å². The molecule has 0 aliphatic carbocycles. The van der Waals surface area contributed by atoms with Gasteiger partial charge in [-0.15, -0.1) is 0 Å². The minimum atomic E-state index is -0.803. The average Bonchev–Trinajstić information content (AvgIpc) is 3.21. The zero-order valence-electron chi connectivity index (χ0n) is 38.6. The van der Waals surface area contributed by atoms with Crippen LogP contribution in [0.3, 0.4) is 0 Å². The van der Waals surface area contributed by atoms with Crippen LogP contribution in [0.4, 0.5) is 4.79 Å². The number of esters is 1. The first-order valence-electron chi connectivity index (χ1n) is 22.9. The molecule has 62 heavy (non-hydrogen) atoms. The van der Waals surface area contributed by atoms with Crippen LogP contribution >= 0.6 is 0 Å². The van der Waals surface area contributed by atoms with E-state index in [9.17, 15) is 28.8 Å². The van der Waals surface area contributed by atoms with Gasteiger partial charge < -0.3 is 19.7 Å². The summed E-state index contributed by atoms with van der Waals surface area (Å²) in [5, 5.41) is 4.25. The lowest BCUT2D eigenvalue weighted by atomic mass is 10.1. The Morgan fingerprint density at radius 3 is 1.55 bits per heavy atom. The molecule has 14 heteroatoms. The van der Waals surface area contributed by atoms with Crippen molar-refractivity contribution in [1.82, 2.24) is 28.5 Å². The van der Waals surface area contributed by atoms with Gasteiger partial charge in [-0.3, -0.25) is 32.7 Å². The van der Waals surface area contributed by atoms with E-state index in [4.69, 9.17) is 9.47 Å². The van der Waals surface area contributed by atoms with Gasteiger partial charge in [0.15, 0.2) is 0 Å². The van der Waals surface area contributed by atoms with Crippen LogP contribution in [0.25, 0.3) is 21.8 Å². The van der Waals surface area contributed by atoms with Crippen LogP contribution < -0.4 is 27.8 Å². The van der Waals surface area contributed by atoms with Gasteiger partial charge in [0.2, 0.25) is 0 Å². The van der Waals surface area contributed by atoms with Crippen LogP contribution in [0.1, 0.15) is 132 Å². The smallest absolute Gasteiger partial charge is 0.410 e. The van der Waals surface area contributed by atoms with Crippen LogP contribution in [0, 0.1) is 0 Å². The molecule has 1 amide bonds. The standard InChI is InChI=1S/C48H72N6O8/c1-9-11-13-20-32-51-39-26-17-15-24-36(39)41(55)53(44(51)58)34-23-31-50(46(60)62-48(6,7)8)30-22-19-29-49-38(43(57)61-47(3,4)5)28-35-54-42(56)37-25-16-18-27-40(37)52(45(54)59)33-21-14-12-10-2/h15-18,24-27,38,49H,9-14,19-23,28-35H2,1-8H3. The lowest BCUT2D eigenvalue weighted by Crippen LogP contribution is -2.45. The predicted molar refractivity (Wildman–Crippen MR) is 247 cm³/mol. The normalized spacial score (nSPS) is 12.5. The summed E-state index contributed by atoms with van der Waals surface area (Å²) in [5.41, 5.74) is -1.72. The molecule has 2 heterocycles. The molecule has 342 valence electrons. The Balaban J connectivity index is 1.45. The van der Waals surface area contributed by atoms with E-state index in [1.807, 2.05) is 18.2 Å². The third-order valence-corrected chi connectivity index (χ3v) is 10.8. The number of hydrogen-bond acceptors (Lipinski definition) is 9. The van der Waals surface area contributed by atoms with E-state index in [1.165, 1.54) is 9.13 Å². The molecule has 0 aliphatic heterocycles. The number of para-hydroxylation sites is 2. The van der Waals surface area contributed by atoms with E-state index in [-0.39, 0.29) is 42.9 Å². The second kappa shape index (κ2) is 23.5. The summed E-state index contributed by atoms with van der Waals surface area (Å²) in [6, 6.07) is 13.5. The summed E-state index contributed by atoms with van der Waals surface area (Å²) in [6.07, 6.45) is 9.04. The summed E-state index contributed by atoms with van der Waals surface area (Å²) in [5.74, 6) is -0.481. The van der Waals surface area contributed by atoms with Crippen molar-refractivity contribution in [2.75, 3.05) is 19.6 Å². The Morgan fingerprint density at radius 1 is 0.581 bits per heavy atom. The number of amides is 1. The highest BCUT2D eigenvalue weighted by Crippen LogP contribution is 2.15. The molecule has 4 aromatic rings. The van der Waals surface area contributed by atoms with Crippen molar-refractivity contribution in [2.24, 2.45) is 0 Å². The molecule has 2 aromatic heterocycles. The first-order chi connectivity index (χ1) is 29.5. The summed E-state index contributed by atoms with van der Waals surface area (Å²) >= 11 is 0. The molecule has 0 bridgehead atoms. The number of carbonyl (C=O) groups excluding carboxylic acids is 2. The first-order valence-corrected chi connectivity index (χ1v) is 22.9. The largest absolute Gasteiger partial charge is 0.459 e. The Morgan fingerprint density at radius 2 is 1.05 bits per heavy atom. The fourth-order valence-electron chi connectivity index (χ4n) is 7.64. The third kappa shape index (κ3) is 14.3. The number of hydrogen-bond donors (Lipinski definition) is 1. The van der Waals surface area contributed by atoms with Crippen molar-refractivity contribution in [3.8, 4) is 0 Å². The highest BCUT2D eigenvalue weighted by molar-refractivity contribution is 5.79. The van der Waals surface area contributed by atoms with Gasteiger partial charge in [0.05, 0.1) is 21.8 Å². The topological polar surface area (TPSA) is 156 Å². The minimum Gasteiger partial charge on any atom is -0.459 e. The van der Waals surface area contributed by atoms with Crippen molar-refractivity contribution in [3.63, 3.8) is 0 Å². The van der Waals surface area contributed by atoms with Crippen molar-refractivity contribution in [2.45, 2.75) is 176 Å². The summed E-state index contributed by atoms with van der Waals surface area (Å²) < 4.78 is 17.4. The number of fused-ring (bicyclic) bond motifs is 2.